The predicted octanol–water partition coefficient (Wildman–Crippen LogP) is 3.32. The van der Waals surface area contributed by atoms with Gasteiger partial charge in [-0.2, -0.15) is 0 Å². The third-order valence-corrected chi connectivity index (χ3v) is 4.85. The second-order valence-corrected chi connectivity index (χ2v) is 6.39. The quantitative estimate of drug-likeness (QED) is 0.748. The van der Waals surface area contributed by atoms with E-state index in [2.05, 4.69) is 33.5 Å². The Morgan fingerprint density at radius 1 is 1.21 bits per heavy atom. The molecule has 3 rings (SSSR count). The molecule has 0 aliphatic heterocycles. The molecule has 0 saturated heterocycles. The average Bonchev–Trinajstić information content (AvgIpc) is 3.05. The van der Waals surface area contributed by atoms with Crippen LogP contribution in [0.2, 0.25) is 0 Å². The number of likely N-dealkylation sites (N-methyl/N-ethyl adjacent to an activating group) is 2. The number of amides is 1. The fourth-order valence-electron chi connectivity index (χ4n) is 2.60. The van der Waals surface area contributed by atoms with Crippen molar-refractivity contribution in [3.63, 3.8) is 0 Å². The first-order valence-corrected chi connectivity index (χ1v) is 8.86. The van der Waals surface area contributed by atoms with E-state index in [1.54, 1.807) is 17.7 Å². The summed E-state index contributed by atoms with van der Waals surface area (Å²) in [5, 5.41) is 3.83. The van der Waals surface area contributed by atoms with Crippen LogP contribution in [0.15, 0.2) is 42.7 Å². The van der Waals surface area contributed by atoms with E-state index in [1.165, 1.54) is 5.56 Å². The van der Waals surface area contributed by atoms with Gasteiger partial charge in [-0.15, -0.1) is 11.3 Å². The molecule has 0 fully saturated rings. The molecule has 2 aromatic heterocycles. The van der Waals surface area contributed by atoms with Crippen LogP contribution in [0.3, 0.4) is 0 Å². The predicted molar refractivity (Wildman–Crippen MR) is 99.4 cm³/mol. The molecule has 0 aliphatic rings. The van der Waals surface area contributed by atoms with Crippen LogP contribution in [-0.2, 0) is 4.79 Å². The van der Waals surface area contributed by atoms with Gasteiger partial charge in [-0.25, -0.2) is 9.97 Å². The molecule has 0 unspecified atom stereocenters. The molecular weight excluding hydrogens is 320 g/mol. The summed E-state index contributed by atoms with van der Waals surface area (Å²) in [7, 11) is 0. The first-order valence-electron chi connectivity index (χ1n) is 8.04. The van der Waals surface area contributed by atoms with Crippen LogP contribution < -0.4 is 10.2 Å². The molecule has 2 heterocycles. The van der Waals surface area contributed by atoms with Crippen LogP contribution in [0.1, 0.15) is 13.8 Å². The van der Waals surface area contributed by atoms with Crippen molar-refractivity contribution in [1.82, 2.24) is 15.3 Å². The number of hydrogen-bond donors (Lipinski definition) is 1. The monoisotopic (exact) mass is 340 g/mol. The molecule has 6 heteroatoms. The number of fused-ring (bicyclic) bond motifs is 1. The maximum atomic E-state index is 12.0. The lowest BCUT2D eigenvalue weighted by atomic mass is 10.2. The van der Waals surface area contributed by atoms with Gasteiger partial charge in [0.2, 0.25) is 5.91 Å². The smallest absolute Gasteiger partial charge is 0.239 e. The minimum absolute atomic E-state index is 0.00428. The lowest BCUT2D eigenvalue weighted by molar-refractivity contribution is -0.119. The molecule has 0 spiro atoms. The molecule has 5 nitrogen and oxygen atoms in total. The molecule has 0 aliphatic carbocycles. The van der Waals surface area contributed by atoms with Crippen molar-refractivity contribution >= 4 is 33.3 Å². The van der Waals surface area contributed by atoms with Crippen molar-refractivity contribution in [2.75, 3.05) is 24.5 Å². The number of carbonyl (C=O) groups excluding carboxylic acids is 1. The molecular formula is C18H20N4OS. The fraction of sp³-hybridized carbons (Fsp3) is 0.278. The zero-order valence-corrected chi connectivity index (χ0v) is 14.6. The summed E-state index contributed by atoms with van der Waals surface area (Å²) in [6.07, 6.45) is 1.57. The third-order valence-electron chi connectivity index (χ3n) is 3.76. The molecule has 24 heavy (non-hydrogen) atoms. The van der Waals surface area contributed by atoms with Crippen molar-refractivity contribution in [2.45, 2.75) is 13.8 Å². The Labute approximate surface area is 145 Å². The standard InChI is InChI=1S/C18H20N4OS/c1-3-19-16(23)11-22(4-2)17-14-10-15(13-8-6-5-7-9-13)24-18(14)21-12-20-17/h5-10,12H,3-4,11H2,1-2H3,(H,19,23). The number of anilines is 1. The Hall–Kier alpha value is -2.47. The van der Waals surface area contributed by atoms with Crippen LogP contribution >= 0.6 is 11.3 Å². The number of carbonyl (C=O) groups is 1. The SMILES string of the molecule is CCNC(=O)CN(CC)c1ncnc2sc(-c3ccccc3)cc12. The summed E-state index contributed by atoms with van der Waals surface area (Å²) < 4.78 is 0. The number of nitrogens with zero attached hydrogens (tertiary/aromatic N) is 3. The van der Waals surface area contributed by atoms with E-state index in [4.69, 9.17) is 0 Å². The maximum Gasteiger partial charge on any atom is 0.239 e. The van der Waals surface area contributed by atoms with E-state index >= 15 is 0 Å². The highest BCUT2D eigenvalue weighted by atomic mass is 32.1. The van der Waals surface area contributed by atoms with Gasteiger partial charge in [0.15, 0.2) is 0 Å². The maximum absolute atomic E-state index is 12.0. The summed E-state index contributed by atoms with van der Waals surface area (Å²) >= 11 is 1.64. The molecule has 1 N–H and O–H groups in total. The molecule has 0 bridgehead atoms. The number of aromatic nitrogens is 2. The van der Waals surface area contributed by atoms with Crippen LogP contribution in [0, 0.1) is 0 Å². The van der Waals surface area contributed by atoms with E-state index in [-0.39, 0.29) is 5.91 Å². The Balaban J connectivity index is 1.98. The van der Waals surface area contributed by atoms with Crippen LogP contribution in [0.5, 0.6) is 0 Å². The highest BCUT2D eigenvalue weighted by molar-refractivity contribution is 7.21. The van der Waals surface area contributed by atoms with Gasteiger partial charge in [0.1, 0.15) is 17.0 Å². The fourth-order valence-corrected chi connectivity index (χ4v) is 3.60. The van der Waals surface area contributed by atoms with Gasteiger partial charge in [0, 0.05) is 18.0 Å². The van der Waals surface area contributed by atoms with E-state index in [9.17, 15) is 4.79 Å². The topological polar surface area (TPSA) is 58.1 Å². The van der Waals surface area contributed by atoms with Crippen molar-refractivity contribution in [3.8, 4) is 10.4 Å². The van der Waals surface area contributed by atoms with Gasteiger partial charge < -0.3 is 10.2 Å². The Bertz CT molecular complexity index is 831. The zero-order chi connectivity index (χ0) is 16.9. The van der Waals surface area contributed by atoms with Gasteiger partial charge in [0.05, 0.1) is 11.9 Å². The molecule has 0 atom stereocenters. The molecule has 0 saturated carbocycles. The molecule has 1 amide bonds. The van der Waals surface area contributed by atoms with E-state index in [0.29, 0.717) is 19.6 Å². The van der Waals surface area contributed by atoms with Gasteiger partial charge in [0.25, 0.3) is 0 Å². The first-order chi connectivity index (χ1) is 11.7. The highest BCUT2D eigenvalue weighted by Gasteiger charge is 2.16. The largest absolute Gasteiger partial charge is 0.355 e. The van der Waals surface area contributed by atoms with E-state index < -0.39 is 0 Å². The minimum Gasteiger partial charge on any atom is -0.355 e. The third kappa shape index (κ3) is 3.38. The van der Waals surface area contributed by atoms with Crippen molar-refractivity contribution in [3.05, 3.63) is 42.7 Å². The van der Waals surface area contributed by atoms with E-state index in [1.807, 2.05) is 36.9 Å². The lowest BCUT2D eigenvalue weighted by Crippen LogP contribution is -2.37. The van der Waals surface area contributed by atoms with Crippen molar-refractivity contribution in [1.29, 1.82) is 0 Å². The number of rotatable bonds is 6. The van der Waals surface area contributed by atoms with Gasteiger partial charge in [-0.1, -0.05) is 30.3 Å². The second-order valence-electron chi connectivity index (χ2n) is 5.36. The van der Waals surface area contributed by atoms with Gasteiger partial charge >= 0.3 is 0 Å². The Morgan fingerprint density at radius 3 is 2.71 bits per heavy atom. The number of nitrogens with one attached hydrogen (secondary N) is 1. The summed E-state index contributed by atoms with van der Waals surface area (Å²) in [6, 6.07) is 12.4. The number of hydrogen-bond acceptors (Lipinski definition) is 5. The Kier molecular flexibility index (Phi) is 5.05. The second kappa shape index (κ2) is 7.40. The van der Waals surface area contributed by atoms with Crippen molar-refractivity contribution in [2.24, 2.45) is 0 Å². The Morgan fingerprint density at radius 2 is 2.00 bits per heavy atom. The van der Waals surface area contributed by atoms with Crippen molar-refractivity contribution < 1.29 is 4.79 Å². The molecule has 3 aromatic rings. The number of thiophene rings is 1. The molecule has 1 aromatic carbocycles. The summed E-state index contributed by atoms with van der Waals surface area (Å²) in [4.78, 5) is 24.9. The zero-order valence-electron chi connectivity index (χ0n) is 13.8. The number of benzene rings is 1. The summed E-state index contributed by atoms with van der Waals surface area (Å²) in [6.45, 7) is 5.58. The van der Waals surface area contributed by atoms with Crippen LogP contribution in [0.25, 0.3) is 20.7 Å². The van der Waals surface area contributed by atoms with Gasteiger partial charge in [-0.3, -0.25) is 4.79 Å². The van der Waals surface area contributed by atoms with Crippen LogP contribution in [-0.4, -0.2) is 35.5 Å². The van der Waals surface area contributed by atoms with Gasteiger partial charge in [-0.05, 0) is 25.5 Å². The summed E-state index contributed by atoms with van der Waals surface area (Å²) in [5.74, 6) is 0.816. The average molecular weight is 340 g/mol. The molecule has 124 valence electrons. The highest BCUT2D eigenvalue weighted by Crippen LogP contribution is 2.35. The molecule has 0 radical (unpaired) electrons. The van der Waals surface area contributed by atoms with E-state index in [0.717, 1.165) is 20.9 Å². The van der Waals surface area contributed by atoms with Crippen LogP contribution in [0.4, 0.5) is 5.82 Å². The summed E-state index contributed by atoms with van der Waals surface area (Å²) in [5.41, 5.74) is 1.17. The minimum atomic E-state index is 0.00428. The normalized spacial score (nSPS) is 10.8. The first kappa shape index (κ1) is 16.4. The lowest BCUT2D eigenvalue weighted by Gasteiger charge is -2.21.